The van der Waals surface area contributed by atoms with Crippen LogP contribution in [0.5, 0.6) is 11.5 Å². The van der Waals surface area contributed by atoms with Crippen LogP contribution in [0, 0.1) is 5.92 Å². The molecular formula is C14H21BrClNO2. The monoisotopic (exact) mass is 349 g/mol. The number of ether oxygens (including phenoxy) is 2. The third-order valence-corrected chi connectivity index (χ3v) is 4.00. The Kier molecular flexibility index (Phi) is 7.57. The van der Waals surface area contributed by atoms with E-state index in [4.69, 9.17) is 9.47 Å². The quantitative estimate of drug-likeness (QED) is 0.879. The molecule has 1 N–H and O–H groups in total. The fourth-order valence-corrected chi connectivity index (χ4v) is 2.70. The van der Waals surface area contributed by atoms with Crippen LogP contribution < -0.4 is 14.8 Å². The summed E-state index contributed by atoms with van der Waals surface area (Å²) in [5, 5.41) is 3.38. The number of halogens is 2. The van der Waals surface area contributed by atoms with Gasteiger partial charge in [-0.25, -0.2) is 0 Å². The van der Waals surface area contributed by atoms with Gasteiger partial charge in [-0.2, -0.15) is 0 Å². The third-order valence-electron chi connectivity index (χ3n) is 3.38. The minimum Gasteiger partial charge on any atom is -0.497 e. The first-order chi connectivity index (χ1) is 8.79. The van der Waals surface area contributed by atoms with Crippen molar-refractivity contribution in [2.75, 3.05) is 26.8 Å². The summed E-state index contributed by atoms with van der Waals surface area (Å²) < 4.78 is 11.9. The summed E-state index contributed by atoms with van der Waals surface area (Å²) in [6.07, 6.45) is 3.68. The lowest BCUT2D eigenvalue weighted by molar-refractivity contribution is 0.250. The molecule has 1 saturated heterocycles. The first-order valence-electron chi connectivity index (χ1n) is 6.46. The molecule has 0 aromatic heterocycles. The van der Waals surface area contributed by atoms with Gasteiger partial charge < -0.3 is 14.8 Å². The van der Waals surface area contributed by atoms with Crippen molar-refractivity contribution in [3.63, 3.8) is 0 Å². The van der Waals surface area contributed by atoms with Gasteiger partial charge in [0.15, 0.2) is 0 Å². The zero-order valence-corrected chi connectivity index (χ0v) is 13.6. The molecule has 0 amide bonds. The standard InChI is InChI=1S/C14H20BrNO2.ClH/c1-17-12-2-3-14(13(15)10-12)18-9-6-11-4-7-16-8-5-11;/h2-3,10-11,16H,4-9H2,1H3;1H. The molecule has 0 bridgehead atoms. The van der Waals surface area contributed by atoms with E-state index in [2.05, 4.69) is 21.2 Å². The van der Waals surface area contributed by atoms with Crippen LogP contribution in [0.15, 0.2) is 22.7 Å². The maximum absolute atomic E-state index is 5.82. The van der Waals surface area contributed by atoms with E-state index < -0.39 is 0 Å². The number of hydrogen-bond donors (Lipinski definition) is 1. The number of piperidine rings is 1. The summed E-state index contributed by atoms with van der Waals surface area (Å²) in [6, 6.07) is 5.80. The molecule has 0 radical (unpaired) electrons. The Morgan fingerprint density at radius 2 is 2.05 bits per heavy atom. The molecule has 1 aromatic rings. The van der Waals surface area contributed by atoms with Gasteiger partial charge in [0.1, 0.15) is 11.5 Å². The summed E-state index contributed by atoms with van der Waals surface area (Å²) in [6.45, 7) is 3.09. The lowest BCUT2D eigenvalue weighted by Gasteiger charge is -2.22. The van der Waals surface area contributed by atoms with E-state index in [0.29, 0.717) is 0 Å². The predicted octanol–water partition coefficient (Wildman–Crippen LogP) is 3.65. The maximum atomic E-state index is 5.82. The first-order valence-corrected chi connectivity index (χ1v) is 7.26. The molecule has 0 spiro atoms. The van der Waals surface area contributed by atoms with E-state index in [9.17, 15) is 0 Å². The molecule has 2 rings (SSSR count). The SMILES string of the molecule is COc1ccc(OCCC2CCNCC2)c(Br)c1.Cl. The smallest absolute Gasteiger partial charge is 0.133 e. The summed E-state index contributed by atoms with van der Waals surface area (Å²) in [5.41, 5.74) is 0. The Labute approximate surface area is 129 Å². The Balaban J connectivity index is 0.00000180. The highest BCUT2D eigenvalue weighted by atomic mass is 79.9. The van der Waals surface area contributed by atoms with Crippen LogP contribution in [0.1, 0.15) is 19.3 Å². The van der Waals surface area contributed by atoms with Crippen molar-refractivity contribution in [1.29, 1.82) is 0 Å². The van der Waals surface area contributed by atoms with Crippen molar-refractivity contribution in [3.05, 3.63) is 22.7 Å². The first kappa shape index (κ1) is 16.6. The molecule has 108 valence electrons. The van der Waals surface area contributed by atoms with Gasteiger partial charge in [0.2, 0.25) is 0 Å². The van der Waals surface area contributed by atoms with Crippen molar-refractivity contribution in [3.8, 4) is 11.5 Å². The Morgan fingerprint density at radius 1 is 1.32 bits per heavy atom. The van der Waals surface area contributed by atoms with Gasteiger partial charge in [0.05, 0.1) is 18.2 Å². The van der Waals surface area contributed by atoms with Crippen molar-refractivity contribution >= 4 is 28.3 Å². The van der Waals surface area contributed by atoms with Crippen molar-refractivity contribution < 1.29 is 9.47 Å². The predicted molar refractivity (Wildman–Crippen MR) is 83.6 cm³/mol. The zero-order chi connectivity index (χ0) is 12.8. The largest absolute Gasteiger partial charge is 0.497 e. The maximum Gasteiger partial charge on any atom is 0.133 e. The zero-order valence-electron chi connectivity index (χ0n) is 11.2. The van der Waals surface area contributed by atoms with Gasteiger partial charge in [0, 0.05) is 0 Å². The topological polar surface area (TPSA) is 30.5 Å². The van der Waals surface area contributed by atoms with E-state index in [0.717, 1.165) is 48.0 Å². The van der Waals surface area contributed by atoms with Crippen LogP contribution in [0.2, 0.25) is 0 Å². The normalized spacial score (nSPS) is 15.7. The second-order valence-corrected chi connectivity index (χ2v) is 5.48. The van der Waals surface area contributed by atoms with E-state index in [1.165, 1.54) is 12.8 Å². The molecule has 5 heteroatoms. The third kappa shape index (κ3) is 5.21. The average Bonchev–Trinajstić information content (AvgIpc) is 2.42. The molecule has 0 saturated carbocycles. The Morgan fingerprint density at radius 3 is 2.68 bits per heavy atom. The molecule has 1 aromatic carbocycles. The van der Waals surface area contributed by atoms with Crippen molar-refractivity contribution in [2.45, 2.75) is 19.3 Å². The molecular weight excluding hydrogens is 330 g/mol. The van der Waals surface area contributed by atoms with Crippen LogP contribution in [-0.2, 0) is 0 Å². The molecule has 0 aliphatic carbocycles. The van der Waals surface area contributed by atoms with Gasteiger partial charge in [-0.15, -0.1) is 12.4 Å². The molecule has 1 heterocycles. The highest BCUT2D eigenvalue weighted by Gasteiger charge is 2.13. The molecule has 0 atom stereocenters. The highest BCUT2D eigenvalue weighted by Crippen LogP contribution is 2.29. The number of hydrogen-bond acceptors (Lipinski definition) is 3. The molecule has 0 unspecified atom stereocenters. The van der Waals surface area contributed by atoms with Crippen LogP contribution in [-0.4, -0.2) is 26.8 Å². The second kappa shape index (κ2) is 8.67. The average molecular weight is 351 g/mol. The van der Waals surface area contributed by atoms with E-state index in [1.54, 1.807) is 7.11 Å². The number of benzene rings is 1. The molecule has 1 fully saturated rings. The van der Waals surface area contributed by atoms with E-state index >= 15 is 0 Å². The van der Waals surface area contributed by atoms with Gasteiger partial charge in [-0.05, 0) is 72.4 Å². The lowest BCUT2D eigenvalue weighted by Crippen LogP contribution is -2.28. The summed E-state index contributed by atoms with van der Waals surface area (Å²) in [7, 11) is 1.67. The number of rotatable bonds is 5. The van der Waals surface area contributed by atoms with Gasteiger partial charge >= 0.3 is 0 Å². The number of nitrogens with one attached hydrogen (secondary N) is 1. The fourth-order valence-electron chi connectivity index (χ4n) is 2.23. The molecule has 19 heavy (non-hydrogen) atoms. The molecule has 3 nitrogen and oxygen atoms in total. The summed E-state index contributed by atoms with van der Waals surface area (Å²) in [4.78, 5) is 0. The van der Waals surface area contributed by atoms with Gasteiger partial charge in [0.25, 0.3) is 0 Å². The van der Waals surface area contributed by atoms with Crippen LogP contribution in [0.3, 0.4) is 0 Å². The van der Waals surface area contributed by atoms with Crippen LogP contribution in [0.25, 0.3) is 0 Å². The van der Waals surface area contributed by atoms with E-state index in [1.807, 2.05) is 18.2 Å². The molecule has 1 aliphatic rings. The Hall–Kier alpha value is -0.450. The minimum absolute atomic E-state index is 0. The van der Waals surface area contributed by atoms with Gasteiger partial charge in [-0.3, -0.25) is 0 Å². The second-order valence-electron chi connectivity index (χ2n) is 4.63. The Bertz CT molecular complexity index is 384. The molecule has 1 aliphatic heterocycles. The van der Waals surface area contributed by atoms with Crippen LogP contribution in [0.4, 0.5) is 0 Å². The van der Waals surface area contributed by atoms with E-state index in [-0.39, 0.29) is 12.4 Å². The fraction of sp³-hybridized carbons (Fsp3) is 0.571. The van der Waals surface area contributed by atoms with Crippen molar-refractivity contribution in [1.82, 2.24) is 5.32 Å². The summed E-state index contributed by atoms with van der Waals surface area (Å²) in [5.74, 6) is 2.54. The lowest BCUT2D eigenvalue weighted by atomic mass is 9.95. The van der Waals surface area contributed by atoms with Crippen LogP contribution >= 0.6 is 28.3 Å². The van der Waals surface area contributed by atoms with Crippen molar-refractivity contribution in [2.24, 2.45) is 5.92 Å². The minimum atomic E-state index is 0. The number of methoxy groups -OCH3 is 1. The summed E-state index contributed by atoms with van der Waals surface area (Å²) >= 11 is 3.50. The highest BCUT2D eigenvalue weighted by molar-refractivity contribution is 9.10. The van der Waals surface area contributed by atoms with Gasteiger partial charge in [-0.1, -0.05) is 0 Å².